The van der Waals surface area contributed by atoms with Crippen LogP contribution in [-0.2, 0) is 16.6 Å². The van der Waals surface area contributed by atoms with Crippen molar-refractivity contribution in [1.29, 1.82) is 0 Å². The van der Waals surface area contributed by atoms with Gasteiger partial charge in [-0.1, -0.05) is 26.8 Å². The normalized spacial score (nSPS) is 11.9. The topological polar surface area (TPSA) is 81.4 Å². The number of rotatable bonds is 4. The molecule has 1 aromatic carbocycles. The van der Waals surface area contributed by atoms with Gasteiger partial charge in [-0.15, -0.1) is 0 Å². The second-order valence-corrected chi connectivity index (χ2v) is 7.11. The fourth-order valence-electron chi connectivity index (χ4n) is 2.30. The molecule has 1 rings (SSSR count). The molecule has 22 heavy (non-hydrogen) atoms. The minimum absolute atomic E-state index is 0.0898. The third kappa shape index (κ3) is 5.06. The number of hydrogen-bond acceptors (Lipinski definition) is 3. The average Bonchev–Trinajstić information content (AvgIpc) is 2.33. The SMILES string of the molecule is CNC(=O)c1cc(CC(C)(C)OC(N)=O)cc(C(C)(C)C)c1. The summed E-state index contributed by atoms with van der Waals surface area (Å²) in [6, 6.07) is 5.75. The summed E-state index contributed by atoms with van der Waals surface area (Å²) < 4.78 is 5.13. The molecule has 5 heteroatoms. The standard InChI is InChI=1S/C17H26N2O3/c1-16(2,3)13-8-11(7-12(9-13)14(20)19-6)10-17(4,5)22-15(18)21/h7-9H,10H2,1-6H3,(H2,18,21)(H,19,20). The monoisotopic (exact) mass is 306 g/mol. The van der Waals surface area contributed by atoms with Crippen LogP contribution in [0.4, 0.5) is 4.79 Å². The quantitative estimate of drug-likeness (QED) is 0.897. The van der Waals surface area contributed by atoms with Crippen molar-refractivity contribution in [3.05, 3.63) is 34.9 Å². The van der Waals surface area contributed by atoms with Gasteiger partial charge in [0.15, 0.2) is 0 Å². The van der Waals surface area contributed by atoms with Crippen molar-refractivity contribution in [2.45, 2.75) is 52.1 Å². The summed E-state index contributed by atoms with van der Waals surface area (Å²) in [5, 5.41) is 2.64. The maximum Gasteiger partial charge on any atom is 0.405 e. The lowest BCUT2D eigenvalue weighted by Crippen LogP contribution is -2.33. The van der Waals surface area contributed by atoms with Crippen LogP contribution in [0.25, 0.3) is 0 Å². The highest BCUT2D eigenvalue weighted by Gasteiger charge is 2.24. The Balaban J connectivity index is 3.24. The van der Waals surface area contributed by atoms with Gasteiger partial charge >= 0.3 is 6.09 Å². The smallest absolute Gasteiger partial charge is 0.405 e. The summed E-state index contributed by atoms with van der Waals surface area (Å²) in [5.74, 6) is -0.138. The van der Waals surface area contributed by atoms with Gasteiger partial charge in [0.05, 0.1) is 0 Å². The first-order valence-corrected chi connectivity index (χ1v) is 7.29. The van der Waals surface area contributed by atoms with Gasteiger partial charge in [-0.25, -0.2) is 4.79 Å². The number of amides is 2. The lowest BCUT2D eigenvalue weighted by atomic mass is 9.83. The first-order valence-electron chi connectivity index (χ1n) is 7.29. The lowest BCUT2D eigenvalue weighted by Gasteiger charge is -2.26. The van der Waals surface area contributed by atoms with E-state index in [0.29, 0.717) is 12.0 Å². The number of benzene rings is 1. The van der Waals surface area contributed by atoms with Crippen molar-refractivity contribution in [1.82, 2.24) is 5.32 Å². The summed E-state index contributed by atoms with van der Waals surface area (Å²) in [4.78, 5) is 23.0. The van der Waals surface area contributed by atoms with E-state index in [0.717, 1.165) is 11.1 Å². The molecule has 0 heterocycles. The fourth-order valence-corrected chi connectivity index (χ4v) is 2.30. The van der Waals surface area contributed by atoms with E-state index in [-0.39, 0.29) is 11.3 Å². The van der Waals surface area contributed by atoms with Crippen molar-refractivity contribution < 1.29 is 14.3 Å². The second kappa shape index (κ2) is 6.38. The third-order valence-electron chi connectivity index (χ3n) is 3.35. The van der Waals surface area contributed by atoms with Crippen LogP contribution in [0.15, 0.2) is 18.2 Å². The minimum atomic E-state index is -0.802. The van der Waals surface area contributed by atoms with E-state index in [1.54, 1.807) is 20.9 Å². The second-order valence-electron chi connectivity index (χ2n) is 7.11. The Morgan fingerprint density at radius 1 is 1.14 bits per heavy atom. The van der Waals surface area contributed by atoms with Crippen LogP contribution in [0.5, 0.6) is 0 Å². The predicted molar refractivity (Wildman–Crippen MR) is 87.0 cm³/mol. The molecule has 0 aliphatic carbocycles. The Morgan fingerprint density at radius 2 is 1.73 bits per heavy atom. The first-order chi connectivity index (χ1) is 9.94. The van der Waals surface area contributed by atoms with Crippen LogP contribution in [0.3, 0.4) is 0 Å². The zero-order valence-electron chi connectivity index (χ0n) is 14.2. The molecule has 0 bridgehead atoms. The Hall–Kier alpha value is -2.04. The van der Waals surface area contributed by atoms with E-state index >= 15 is 0 Å². The zero-order valence-corrected chi connectivity index (χ0v) is 14.2. The summed E-state index contributed by atoms with van der Waals surface area (Å²) in [5.41, 5.74) is 6.86. The van der Waals surface area contributed by atoms with Gasteiger partial charge in [0, 0.05) is 19.0 Å². The maximum absolute atomic E-state index is 12.0. The molecular formula is C17H26N2O3. The predicted octanol–water partition coefficient (Wildman–Crippen LogP) is 2.76. The maximum atomic E-state index is 12.0. The zero-order chi connectivity index (χ0) is 17.1. The molecule has 0 fully saturated rings. The highest BCUT2D eigenvalue weighted by molar-refractivity contribution is 5.94. The van der Waals surface area contributed by atoms with Crippen LogP contribution in [0, 0.1) is 0 Å². The van der Waals surface area contributed by atoms with Gasteiger partial charge in [-0.2, -0.15) is 0 Å². The van der Waals surface area contributed by atoms with Crippen LogP contribution in [0.1, 0.15) is 56.1 Å². The molecule has 0 aliphatic heterocycles. The third-order valence-corrected chi connectivity index (χ3v) is 3.35. The van der Waals surface area contributed by atoms with E-state index in [2.05, 4.69) is 26.1 Å². The molecule has 0 aliphatic rings. The average molecular weight is 306 g/mol. The van der Waals surface area contributed by atoms with Crippen LogP contribution >= 0.6 is 0 Å². The summed E-state index contributed by atoms with van der Waals surface area (Å²) >= 11 is 0. The highest BCUT2D eigenvalue weighted by Crippen LogP contribution is 2.27. The highest BCUT2D eigenvalue weighted by atomic mass is 16.6. The molecule has 5 nitrogen and oxygen atoms in total. The molecule has 122 valence electrons. The van der Waals surface area contributed by atoms with Crippen molar-refractivity contribution in [2.75, 3.05) is 7.05 Å². The molecular weight excluding hydrogens is 280 g/mol. The van der Waals surface area contributed by atoms with Gasteiger partial charge < -0.3 is 15.8 Å². The van der Waals surface area contributed by atoms with E-state index in [1.165, 1.54) is 0 Å². The van der Waals surface area contributed by atoms with Crippen molar-refractivity contribution >= 4 is 12.0 Å². The van der Waals surface area contributed by atoms with E-state index in [1.807, 2.05) is 18.2 Å². The molecule has 3 N–H and O–H groups in total. The van der Waals surface area contributed by atoms with Crippen LogP contribution in [0.2, 0.25) is 0 Å². The van der Waals surface area contributed by atoms with Gasteiger partial charge in [0.1, 0.15) is 5.60 Å². The van der Waals surface area contributed by atoms with Gasteiger partial charge in [-0.3, -0.25) is 4.79 Å². The van der Waals surface area contributed by atoms with Crippen LogP contribution < -0.4 is 11.1 Å². The number of carbonyl (C=O) groups excluding carboxylic acids is 2. The summed E-state index contributed by atoms with van der Waals surface area (Å²) in [7, 11) is 1.60. The fraction of sp³-hybridized carbons (Fsp3) is 0.529. The summed E-state index contributed by atoms with van der Waals surface area (Å²) in [6.07, 6.45) is -0.326. The Bertz CT molecular complexity index is 572. The van der Waals surface area contributed by atoms with Crippen molar-refractivity contribution in [3.8, 4) is 0 Å². The van der Waals surface area contributed by atoms with Crippen molar-refractivity contribution in [3.63, 3.8) is 0 Å². The molecule has 2 amide bonds. The summed E-state index contributed by atoms with van der Waals surface area (Å²) in [6.45, 7) is 9.85. The molecule has 0 radical (unpaired) electrons. The molecule has 0 spiro atoms. The molecule has 0 aromatic heterocycles. The molecule has 1 aromatic rings. The van der Waals surface area contributed by atoms with Crippen LogP contribution in [-0.4, -0.2) is 24.6 Å². The first kappa shape index (κ1) is 18.0. The van der Waals surface area contributed by atoms with Gasteiger partial charge in [0.2, 0.25) is 0 Å². The lowest BCUT2D eigenvalue weighted by molar-refractivity contribution is 0.0459. The van der Waals surface area contributed by atoms with Crippen molar-refractivity contribution in [2.24, 2.45) is 5.73 Å². The molecule has 0 unspecified atom stereocenters. The number of hydrogen-bond donors (Lipinski definition) is 2. The van der Waals surface area contributed by atoms with Gasteiger partial charge in [0.25, 0.3) is 5.91 Å². The van der Waals surface area contributed by atoms with E-state index in [4.69, 9.17) is 10.5 Å². The number of nitrogens with two attached hydrogens (primary N) is 1. The molecule has 0 atom stereocenters. The Kier molecular flexibility index (Phi) is 5.22. The van der Waals surface area contributed by atoms with E-state index in [9.17, 15) is 9.59 Å². The van der Waals surface area contributed by atoms with Gasteiger partial charge in [-0.05, 0) is 42.5 Å². The number of ether oxygens (including phenoxy) is 1. The largest absolute Gasteiger partial charge is 0.443 e. The Morgan fingerprint density at radius 3 is 2.18 bits per heavy atom. The number of carbonyl (C=O) groups is 2. The number of primary amides is 1. The minimum Gasteiger partial charge on any atom is -0.443 e. The molecule has 0 saturated heterocycles. The van der Waals surface area contributed by atoms with E-state index < -0.39 is 11.7 Å². The molecule has 0 saturated carbocycles. The Labute approximate surface area is 132 Å². The number of nitrogens with one attached hydrogen (secondary N) is 1.